The Morgan fingerprint density at radius 1 is 1.35 bits per heavy atom. The molecule has 0 N–H and O–H groups in total. The molecule has 1 aliphatic carbocycles. The van der Waals surface area contributed by atoms with E-state index < -0.39 is 5.97 Å². The van der Waals surface area contributed by atoms with Crippen LogP contribution in [0.25, 0.3) is 10.2 Å². The molecule has 0 bridgehead atoms. The van der Waals surface area contributed by atoms with E-state index >= 15 is 0 Å². The Balaban J connectivity index is 1.54. The van der Waals surface area contributed by atoms with E-state index in [1.54, 1.807) is 11.3 Å². The number of fused-ring (bicyclic) bond motifs is 3. The lowest BCUT2D eigenvalue weighted by atomic mass is 9.89. The smallest absolute Gasteiger partial charge is 0.328 e. The van der Waals surface area contributed by atoms with Crippen molar-refractivity contribution >= 4 is 27.5 Å². The summed E-state index contributed by atoms with van der Waals surface area (Å²) >= 11 is 1.55. The average Bonchev–Trinajstić information content (AvgIpc) is 3.01. The largest absolute Gasteiger partial charge is 0.459 e. The van der Waals surface area contributed by atoms with Crippen molar-refractivity contribution in [3.05, 3.63) is 56.7 Å². The molecule has 2 heterocycles. The summed E-state index contributed by atoms with van der Waals surface area (Å²) in [6.07, 6.45) is 2.94. The molecule has 0 unspecified atom stereocenters. The van der Waals surface area contributed by atoms with Gasteiger partial charge in [0.25, 0.3) is 5.56 Å². The molecule has 0 amide bonds. The maximum absolute atomic E-state index is 12.8. The zero-order chi connectivity index (χ0) is 18.1. The van der Waals surface area contributed by atoms with Crippen LogP contribution in [0.15, 0.2) is 35.1 Å². The third-order valence-corrected chi connectivity index (χ3v) is 5.85. The number of carbonyl (C=O) groups excluding carboxylic acids is 1. The van der Waals surface area contributed by atoms with Gasteiger partial charge in [-0.2, -0.15) is 4.68 Å². The first-order valence-corrected chi connectivity index (χ1v) is 9.51. The first-order valence-electron chi connectivity index (χ1n) is 8.69. The number of rotatable bonds is 4. The monoisotopic (exact) mass is 369 g/mol. The number of benzene rings is 1. The quantitative estimate of drug-likeness (QED) is 0.661. The van der Waals surface area contributed by atoms with Crippen molar-refractivity contribution in [1.82, 2.24) is 15.0 Å². The predicted molar refractivity (Wildman–Crippen MR) is 99.1 cm³/mol. The molecule has 0 saturated carbocycles. The van der Waals surface area contributed by atoms with Crippen LogP contribution in [-0.2, 0) is 35.5 Å². The lowest BCUT2D eigenvalue weighted by Crippen LogP contribution is -2.29. The second kappa shape index (κ2) is 6.99. The van der Waals surface area contributed by atoms with Crippen molar-refractivity contribution in [3.63, 3.8) is 0 Å². The molecule has 3 aromatic rings. The van der Waals surface area contributed by atoms with Crippen LogP contribution < -0.4 is 5.56 Å². The second-order valence-electron chi connectivity index (χ2n) is 6.73. The van der Waals surface area contributed by atoms with Crippen LogP contribution in [0.3, 0.4) is 0 Å². The van der Waals surface area contributed by atoms with E-state index in [1.165, 1.54) is 4.88 Å². The standard InChI is InChI=1S/C19H19N3O3S/c1-12-7-8-14-15(9-12)26-18-17(14)19(24)22(21-20-18)10-16(23)25-11-13-5-3-2-4-6-13/h2-6,12H,7-11H2,1H3/t12-/m1/s1. The Morgan fingerprint density at radius 3 is 2.96 bits per heavy atom. The van der Waals surface area contributed by atoms with E-state index in [4.69, 9.17) is 4.74 Å². The third kappa shape index (κ3) is 3.26. The Kier molecular flexibility index (Phi) is 4.55. The number of hydrogen-bond acceptors (Lipinski definition) is 6. The van der Waals surface area contributed by atoms with Crippen LogP contribution in [0.2, 0.25) is 0 Å². The number of thiophene rings is 1. The van der Waals surface area contributed by atoms with Crippen LogP contribution in [-0.4, -0.2) is 21.0 Å². The molecule has 6 nitrogen and oxygen atoms in total. The minimum Gasteiger partial charge on any atom is -0.459 e. The molecular formula is C19H19N3O3S. The Morgan fingerprint density at radius 2 is 2.15 bits per heavy atom. The SMILES string of the molecule is C[C@@H]1CCc2c(sc3nnn(CC(=O)OCc4ccccc4)c(=O)c23)C1. The number of hydrogen-bond donors (Lipinski definition) is 0. The number of nitrogens with zero attached hydrogens (tertiary/aromatic N) is 3. The van der Waals surface area contributed by atoms with Crippen LogP contribution >= 0.6 is 11.3 Å². The molecule has 0 saturated heterocycles. The molecule has 0 spiro atoms. The highest BCUT2D eigenvalue weighted by Crippen LogP contribution is 2.35. The lowest BCUT2D eigenvalue weighted by molar-refractivity contribution is -0.146. The van der Waals surface area contributed by atoms with Gasteiger partial charge in [-0.25, -0.2) is 0 Å². The van der Waals surface area contributed by atoms with Gasteiger partial charge in [0.05, 0.1) is 5.39 Å². The zero-order valence-corrected chi connectivity index (χ0v) is 15.3. The van der Waals surface area contributed by atoms with Crippen LogP contribution in [0.1, 0.15) is 29.3 Å². The van der Waals surface area contributed by atoms with Gasteiger partial charge in [0.2, 0.25) is 0 Å². The average molecular weight is 369 g/mol. The van der Waals surface area contributed by atoms with Gasteiger partial charge in [0, 0.05) is 4.88 Å². The number of aryl methyl sites for hydroxylation is 1. The van der Waals surface area contributed by atoms with Gasteiger partial charge in [-0.1, -0.05) is 42.5 Å². The van der Waals surface area contributed by atoms with Gasteiger partial charge < -0.3 is 4.74 Å². The summed E-state index contributed by atoms with van der Waals surface area (Å²) in [4.78, 5) is 26.8. The minimum atomic E-state index is -0.498. The summed E-state index contributed by atoms with van der Waals surface area (Å²) in [5.41, 5.74) is 1.74. The molecule has 7 heteroatoms. The van der Waals surface area contributed by atoms with Gasteiger partial charge >= 0.3 is 5.97 Å². The van der Waals surface area contributed by atoms with Crippen LogP contribution in [0.4, 0.5) is 0 Å². The third-order valence-electron chi connectivity index (χ3n) is 4.71. The summed E-state index contributed by atoms with van der Waals surface area (Å²) in [7, 11) is 0. The fourth-order valence-electron chi connectivity index (χ4n) is 3.30. The molecule has 1 atom stereocenters. The summed E-state index contributed by atoms with van der Waals surface area (Å²) in [6.45, 7) is 2.17. The van der Waals surface area contributed by atoms with E-state index in [-0.39, 0.29) is 18.7 Å². The molecule has 2 aromatic heterocycles. The van der Waals surface area contributed by atoms with E-state index in [0.717, 1.165) is 35.1 Å². The van der Waals surface area contributed by atoms with Gasteiger partial charge in [-0.15, -0.1) is 16.4 Å². The molecule has 134 valence electrons. The molecule has 0 aliphatic heterocycles. The molecular weight excluding hydrogens is 350 g/mol. The maximum Gasteiger partial charge on any atom is 0.328 e. The van der Waals surface area contributed by atoms with Crippen molar-refractivity contribution in [2.45, 2.75) is 39.3 Å². The Bertz CT molecular complexity index is 1010. The fraction of sp³-hybridized carbons (Fsp3) is 0.368. The molecule has 0 radical (unpaired) electrons. The van der Waals surface area contributed by atoms with Crippen molar-refractivity contribution in [2.75, 3.05) is 0 Å². The number of esters is 1. The summed E-state index contributed by atoms with van der Waals surface area (Å²) in [6, 6.07) is 9.42. The summed E-state index contributed by atoms with van der Waals surface area (Å²) < 4.78 is 6.36. The van der Waals surface area contributed by atoms with Crippen molar-refractivity contribution in [3.8, 4) is 0 Å². The highest BCUT2D eigenvalue weighted by atomic mass is 32.1. The van der Waals surface area contributed by atoms with E-state index in [2.05, 4.69) is 17.2 Å². The summed E-state index contributed by atoms with van der Waals surface area (Å²) in [5.74, 6) is 0.126. The fourth-order valence-corrected chi connectivity index (χ4v) is 4.62. The van der Waals surface area contributed by atoms with Gasteiger partial charge in [0.15, 0.2) is 4.83 Å². The molecule has 1 aromatic carbocycles. The van der Waals surface area contributed by atoms with Crippen molar-refractivity contribution in [2.24, 2.45) is 5.92 Å². The van der Waals surface area contributed by atoms with Crippen molar-refractivity contribution < 1.29 is 9.53 Å². The second-order valence-corrected chi connectivity index (χ2v) is 7.81. The van der Waals surface area contributed by atoms with Gasteiger partial charge in [-0.05, 0) is 36.3 Å². The number of carbonyl (C=O) groups is 1. The van der Waals surface area contributed by atoms with E-state index in [1.807, 2.05) is 30.3 Å². The molecule has 4 rings (SSSR count). The Hall–Kier alpha value is -2.54. The minimum absolute atomic E-state index is 0.176. The topological polar surface area (TPSA) is 74.1 Å². The predicted octanol–water partition coefficient (Wildman–Crippen LogP) is 2.72. The Labute approximate surface area is 154 Å². The summed E-state index contributed by atoms with van der Waals surface area (Å²) in [5, 5.41) is 8.72. The highest BCUT2D eigenvalue weighted by molar-refractivity contribution is 7.18. The molecule has 26 heavy (non-hydrogen) atoms. The van der Waals surface area contributed by atoms with Crippen LogP contribution in [0, 0.1) is 5.92 Å². The first kappa shape index (κ1) is 16.9. The van der Waals surface area contributed by atoms with Crippen LogP contribution in [0.5, 0.6) is 0 Å². The lowest BCUT2D eigenvalue weighted by Gasteiger charge is -2.17. The molecule has 0 fully saturated rings. The number of ether oxygens (including phenoxy) is 1. The normalized spacial score (nSPS) is 16.4. The highest BCUT2D eigenvalue weighted by Gasteiger charge is 2.24. The van der Waals surface area contributed by atoms with Crippen molar-refractivity contribution in [1.29, 1.82) is 0 Å². The first-order chi connectivity index (χ1) is 12.6. The van der Waals surface area contributed by atoms with Gasteiger partial charge in [0.1, 0.15) is 13.2 Å². The van der Waals surface area contributed by atoms with Gasteiger partial charge in [-0.3, -0.25) is 9.59 Å². The zero-order valence-electron chi connectivity index (χ0n) is 14.5. The number of aromatic nitrogens is 3. The maximum atomic E-state index is 12.8. The van der Waals surface area contributed by atoms with E-state index in [0.29, 0.717) is 16.1 Å². The van der Waals surface area contributed by atoms with E-state index in [9.17, 15) is 9.59 Å². The molecule has 1 aliphatic rings.